The van der Waals surface area contributed by atoms with Crippen LogP contribution in [0.4, 0.5) is 5.00 Å². The van der Waals surface area contributed by atoms with Crippen molar-refractivity contribution in [1.29, 1.82) is 0 Å². The molecule has 0 radical (unpaired) electrons. The van der Waals surface area contributed by atoms with Crippen LogP contribution >= 0.6 is 22.9 Å². The Morgan fingerprint density at radius 1 is 1.35 bits per heavy atom. The zero-order chi connectivity index (χ0) is 18.7. The lowest BCUT2D eigenvalue weighted by atomic mass is 10.3. The quantitative estimate of drug-likeness (QED) is 0.659. The minimum atomic E-state index is -0.385. The topological polar surface area (TPSA) is 73.2 Å². The highest BCUT2D eigenvalue weighted by molar-refractivity contribution is 7.18. The molecule has 2 heterocycles. The van der Waals surface area contributed by atoms with Gasteiger partial charge in [0.2, 0.25) is 0 Å². The SMILES string of the molecule is CCOC(=O)c1sc(NC(=O)c2cnn(-c3cccc(Cl)c3)c2)cc1C. The molecule has 3 rings (SSSR count). The fraction of sp³-hybridized carbons (Fsp3) is 0.167. The molecule has 0 atom stereocenters. The van der Waals surface area contributed by atoms with Gasteiger partial charge in [0, 0.05) is 11.2 Å². The van der Waals surface area contributed by atoms with Gasteiger partial charge >= 0.3 is 5.97 Å². The van der Waals surface area contributed by atoms with Gasteiger partial charge in [-0.2, -0.15) is 5.10 Å². The molecule has 1 aromatic carbocycles. The zero-order valence-electron chi connectivity index (χ0n) is 14.2. The van der Waals surface area contributed by atoms with Crippen molar-refractivity contribution in [2.45, 2.75) is 13.8 Å². The second kappa shape index (κ2) is 7.72. The van der Waals surface area contributed by atoms with E-state index in [1.54, 1.807) is 42.9 Å². The van der Waals surface area contributed by atoms with Gasteiger partial charge in [-0.1, -0.05) is 17.7 Å². The molecule has 0 aliphatic carbocycles. The molecule has 0 spiro atoms. The minimum absolute atomic E-state index is 0.306. The molecule has 2 aromatic heterocycles. The maximum atomic E-state index is 12.4. The van der Waals surface area contributed by atoms with Crippen LogP contribution < -0.4 is 5.32 Å². The lowest BCUT2D eigenvalue weighted by molar-refractivity contribution is 0.0531. The number of carbonyl (C=O) groups is 2. The summed E-state index contributed by atoms with van der Waals surface area (Å²) in [5.41, 5.74) is 1.92. The molecule has 3 aromatic rings. The lowest BCUT2D eigenvalue weighted by Gasteiger charge is -2.01. The Kier molecular flexibility index (Phi) is 5.39. The Bertz CT molecular complexity index is 964. The summed E-state index contributed by atoms with van der Waals surface area (Å²) in [4.78, 5) is 24.8. The number of hydrogen-bond acceptors (Lipinski definition) is 5. The van der Waals surface area contributed by atoms with E-state index in [9.17, 15) is 9.59 Å². The molecule has 0 unspecified atom stereocenters. The Labute approximate surface area is 159 Å². The summed E-state index contributed by atoms with van der Waals surface area (Å²) in [6.07, 6.45) is 3.09. The van der Waals surface area contributed by atoms with E-state index in [1.165, 1.54) is 17.5 Å². The molecule has 1 N–H and O–H groups in total. The van der Waals surface area contributed by atoms with Crippen LogP contribution in [-0.2, 0) is 4.74 Å². The Morgan fingerprint density at radius 3 is 2.88 bits per heavy atom. The number of aryl methyl sites for hydroxylation is 1. The minimum Gasteiger partial charge on any atom is -0.462 e. The van der Waals surface area contributed by atoms with E-state index in [1.807, 2.05) is 12.1 Å². The number of aromatic nitrogens is 2. The summed E-state index contributed by atoms with van der Waals surface area (Å²) in [5.74, 6) is -0.695. The van der Waals surface area contributed by atoms with Crippen LogP contribution in [0.15, 0.2) is 42.7 Å². The van der Waals surface area contributed by atoms with E-state index in [0.717, 1.165) is 11.3 Å². The molecule has 0 bridgehead atoms. The number of nitrogens with one attached hydrogen (secondary N) is 1. The van der Waals surface area contributed by atoms with Crippen LogP contribution in [-0.4, -0.2) is 28.3 Å². The summed E-state index contributed by atoms with van der Waals surface area (Å²) in [6, 6.07) is 8.92. The first-order valence-electron chi connectivity index (χ1n) is 7.87. The average Bonchev–Trinajstić information content (AvgIpc) is 3.22. The molecule has 1 amide bonds. The van der Waals surface area contributed by atoms with Gasteiger partial charge in [0.1, 0.15) is 4.88 Å². The summed E-state index contributed by atoms with van der Waals surface area (Å²) < 4.78 is 6.58. The number of halogens is 1. The van der Waals surface area contributed by atoms with Crippen molar-refractivity contribution in [1.82, 2.24) is 9.78 Å². The summed E-state index contributed by atoms with van der Waals surface area (Å²) in [5, 5.41) is 8.14. The van der Waals surface area contributed by atoms with E-state index >= 15 is 0 Å². The fourth-order valence-electron chi connectivity index (χ4n) is 2.33. The van der Waals surface area contributed by atoms with Crippen molar-refractivity contribution in [3.63, 3.8) is 0 Å². The van der Waals surface area contributed by atoms with Crippen molar-refractivity contribution < 1.29 is 14.3 Å². The third-order valence-corrected chi connectivity index (χ3v) is 4.90. The number of carbonyl (C=O) groups excluding carboxylic acids is 2. The second-order valence-corrected chi connectivity index (χ2v) is 6.94. The highest BCUT2D eigenvalue weighted by Gasteiger charge is 2.17. The van der Waals surface area contributed by atoms with E-state index < -0.39 is 0 Å². The maximum absolute atomic E-state index is 12.4. The number of ether oxygens (including phenoxy) is 1. The molecule has 6 nitrogen and oxygen atoms in total. The van der Waals surface area contributed by atoms with Crippen molar-refractivity contribution in [3.8, 4) is 5.69 Å². The number of rotatable bonds is 5. The maximum Gasteiger partial charge on any atom is 0.348 e. The van der Waals surface area contributed by atoms with Crippen molar-refractivity contribution in [2.75, 3.05) is 11.9 Å². The largest absolute Gasteiger partial charge is 0.462 e. The van der Waals surface area contributed by atoms with Crippen LogP contribution in [0.25, 0.3) is 5.69 Å². The van der Waals surface area contributed by atoms with Crippen molar-refractivity contribution in [3.05, 3.63) is 63.8 Å². The monoisotopic (exact) mass is 389 g/mol. The highest BCUT2D eigenvalue weighted by Crippen LogP contribution is 2.27. The van der Waals surface area contributed by atoms with Gasteiger partial charge in [0.15, 0.2) is 0 Å². The normalized spacial score (nSPS) is 10.6. The van der Waals surface area contributed by atoms with Crippen LogP contribution in [0.3, 0.4) is 0 Å². The number of thiophene rings is 1. The fourth-order valence-corrected chi connectivity index (χ4v) is 3.47. The van der Waals surface area contributed by atoms with Gasteiger partial charge in [-0.05, 0) is 43.7 Å². The highest BCUT2D eigenvalue weighted by atomic mass is 35.5. The number of esters is 1. The van der Waals surface area contributed by atoms with Gasteiger partial charge in [-0.3, -0.25) is 4.79 Å². The average molecular weight is 390 g/mol. The van der Waals surface area contributed by atoms with E-state index in [2.05, 4.69) is 10.4 Å². The first kappa shape index (κ1) is 18.2. The molecule has 26 heavy (non-hydrogen) atoms. The van der Waals surface area contributed by atoms with Gasteiger partial charge in [-0.25, -0.2) is 9.48 Å². The third kappa shape index (κ3) is 3.95. The molecule has 0 fully saturated rings. The molecule has 134 valence electrons. The second-order valence-electron chi connectivity index (χ2n) is 5.45. The first-order chi connectivity index (χ1) is 12.5. The van der Waals surface area contributed by atoms with Gasteiger partial charge in [-0.15, -0.1) is 11.3 Å². The Hall–Kier alpha value is -2.64. The van der Waals surface area contributed by atoms with E-state index in [0.29, 0.717) is 27.1 Å². The molecular formula is C18H16ClN3O3S. The molecular weight excluding hydrogens is 374 g/mol. The summed E-state index contributed by atoms with van der Waals surface area (Å²) >= 11 is 7.16. The number of hydrogen-bond donors (Lipinski definition) is 1. The predicted molar refractivity (Wildman–Crippen MR) is 102 cm³/mol. The smallest absolute Gasteiger partial charge is 0.348 e. The van der Waals surface area contributed by atoms with Crippen molar-refractivity contribution >= 4 is 39.8 Å². The third-order valence-electron chi connectivity index (χ3n) is 3.53. The summed E-state index contributed by atoms with van der Waals surface area (Å²) in [6.45, 7) is 3.86. The predicted octanol–water partition coefficient (Wildman–Crippen LogP) is 4.32. The zero-order valence-corrected chi connectivity index (χ0v) is 15.7. The van der Waals surface area contributed by atoms with Crippen LogP contribution in [0.5, 0.6) is 0 Å². The number of amides is 1. The first-order valence-corrected chi connectivity index (χ1v) is 9.07. The molecule has 0 saturated carbocycles. The lowest BCUT2D eigenvalue weighted by Crippen LogP contribution is -2.10. The standard InChI is InChI=1S/C18H16ClN3O3S/c1-3-25-18(24)16-11(2)7-15(26-16)21-17(23)12-9-20-22(10-12)14-6-4-5-13(19)8-14/h4-10H,3H2,1-2H3,(H,21,23). The number of anilines is 1. The van der Waals surface area contributed by atoms with Gasteiger partial charge < -0.3 is 10.1 Å². The van der Waals surface area contributed by atoms with Gasteiger partial charge in [0.05, 0.1) is 29.1 Å². The van der Waals surface area contributed by atoms with E-state index in [4.69, 9.17) is 16.3 Å². The van der Waals surface area contributed by atoms with Gasteiger partial charge in [0.25, 0.3) is 5.91 Å². The summed E-state index contributed by atoms with van der Waals surface area (Å²) in [7, 11) is 0. The van der Waals surface area contributed by atoms with Crippen LogP contribution in [0, 0.1) is 6.92 Å². The van der Waals surface area contributed by atoms with Crippen LogP contribution in [0.2, 0.25) is 5.02 Å². The Morgan fingerprint density at radius 2 is 2.15 bits per heavy atom. The molecule has 0 saturated heterocycles. The molecule has 8 heteroatoms. The molecule has 0 aliphatic rings. The van der Waals surface area contributed by atoms with Crippen molar-refractivity contribution in [2.24, 2.45) is 0 Å². The number of nitrogens with zero attached hydrogens (tertiary/aromatic N) is 2. The number of benzene rings is 1. The van der Waals surface area contributed by atoms with E-state index in [-0.39, 0.29) is 11.9 Å². The molecule has 0 aliphatic heterocycles. The van der Waals surface area contributed by atoms with Crippen LogP contribution in [0.1, 0.15) is 32.5 Å². The Balaban J connectivity index is 1.75.